The molecular formula is C8H9Cl3O3S. The Kier molecular flexibility index (Phi) is 7.09. The summed E-state index contributed by atoms with van der Waals surface area (Å²) in [7, 11) is 2.98. The summed E-state index contributed by atoms with van der Waals surface area (Å²) in [4.78, 5) is 0.0740. The molecule has 15 heavy (non-hydrogen) atoms. The zero-order valence-electron chi connectivity index (χ0n) is 7.78. The van der Waals surface area contributed by atoms with Crippen LogP contribution < -0.4 is 4.74 Å². The standard InChI is InChI=1S/C7H7ClO3S.CH2Cl2/c1-11-6-2-4-7(5-3-6)12(8,9)10;2-1-3/h2-5H,1H3;1H2. The molecule has 0 aliphatic carbocycles. The van der Waals surface area contributed by atoms with Crippen LogP contribution in [0.1, 0.15) is 0 Å². The summed E-state index contributed by atoms with van der Waals surface area (Å²) in [6.07, 6.45) is 0. The van der Waals surface area contributed by atoms with Gasteiger partial charge in [0.05, 0.1) is 17.3 Å². The molecule has 0 unspecified atom stereocenters. The van der Waals surface area contributed by atoms with Gasteiger partial charge in [0.1, 0.15) is 5.75 Å². The van der Waals surface area contributed by atoms with Crippen LogP contribution >= 0.6 is 33.9 Å². The fourth-order valence-electron chi connectivity index (χ4n) is 0.738. The van der Waals surface area contributed by atoms with Crippen molar-refractivity contribution in [2.24, 2.45) is 0 Å². The average molecular weight is 292 g/mol. The molecule has 0 spiro atoms. The Balaban J connectivity index is 0.000000583. The first kappa shape index (κ1) is 14.8. The first-order chi connectivity index (χ1) is 6.95. The van der Waals surface area contributed by atoms with Crippen LogP contribution in [0, 0.1) is 0 Å². The fraction of sp³-hybridized carbons (Fsp3) is 0.250. The summed E-state index contributed by atoms with van der Waals surface area (Å²) in [5.74, 6) is 0.596. The van der Waals surface area contributed by atoms with Crippen molar-refractivity contribution in [2.45, 2.75) is 4.90 Å². The van der Waals surface area contributed by atoms with Crippen LogP contribution in [0.15, 0.2) is 29.2 Å². The lowest BCUT2D eigenvalue weighted by Gasteiger charge is -1.99. The predicted molar refractivity (Wildman–Crippen MR) is 62.6 cm³/mol. The Hall–Kier alpha value is -0.160. The minimum Gasteiger partial charge on any atom is -0.497 e. The minimum atomic E-state index is -3.61. The molecule has 0 amide bonds. The Bertz CT molecular complexity index is 375. The first-order valence-corrected chi connectivity index (χ1v) is 7.04. The molecule has 1 rings (SSSR count). The maximum absolute atomic E-state index is 10.8. The Morgan fingerprint density at radius 1 is 1.20 bits per heavy atom. The van der Waals surface area contributed by atoms with Crippen molar-refractivity contribution >= 4 is 42.9 Å². The lowest BCUT2D eigenvalue weighted by Crippen LogP contribution is -1.90. The van der Waals surface area contributed by atoms with Crippen molar-refractivity contribution in [3.63, 3.8) is 0 Å². The minimum absolute atomic E-state index is 0.0740. The number of rotatable bonds is 2. The summed E-state index contributed by atoms with van der Waals surface area (Å²) in [5.41, 5.74) is 0. The normalized spacial score (nSPS) is 10.1. The topological polar surface area (TPSA) is 43.4 Å². The largest absolute Gasteiger partial charge is 0.497 e. The highest BCUT2D eigenvalue weighted by Crippen LogP contribution is 2.18. The summed E-state index contributed by atoms with van der Waals surface area (Å²) in [6.45, 7) is 0. The van der Waals surface area contributed by atoms with E-state index in [0.29, 0.717) is 5.75 Å². The van der Waals surface area contributed by atoms with E-state index >= 15 is 0 Å². The third kappa shape index (κ3) is 6.10. The van der Waals surface area contributed by atoms with Gasteiger partial charge < -0.3 is 4.74 Å². The van der Waals surface area contributed by atoms with E-state index < -0.39 is 9.05 Å². The van der Waals surface area contributed by atoms with E-state index in [1.54, 1.807) is 0 Å². The molecule has 7 heteroatoms. The van der Waals surface area contributed by atoms with Gasteiger partial charge in [0.15, 0.2) is 0 Å². The van der Waals surface area contributed by atoms with E-state index in [0.717, 1.165) is 0 Å². The maximum atomic E-state index is 10.8. The zero-order valence-corrected chi connectivity index (χ0v) is 10.9. The van der Waals surface area contributed by atoms with Gasteiger partial charge in [-0.1, -0.05) is 0 Å². The lowest BCUT2D eigenvalue weighted by molar-refractivity contribution is 0.414. The van der Waals surface area contributed by atoms with Gasteiger partial charge in [-0.3, -0.25) is 0 Å². The maximum Gasteiger partial charge on any atom is 0.261 e. The van der Waals surface area contributed by atoms with Crippen LogP contribution in [0.5, 0.6) is 5.75 Å². The molecule has 0 saturated carbocycles. The van der Waals surface area contributed by atoms with Crippen LogP contribution in [0.4, 0.5) is 0 Å². The molecule has 86 valence electrons. The smallest absolute Gasteiger partial charge is 0.261 e. The Morgan fingerprint density at radius 3 is 1.87 bits per heavy atom. The highest BCUT2D eigenvalue weighted by Gasteiger charge is 2.08. The van der Waals surface area contributed by atoms with Crippen molar-refractivity contribution < 1.29 is 13.2 Å². The number of alkyl halides is 2. The van der Waals surface area contributed by atoms with Crippen LogP contribution in [-0.2, 0) is 9.05 Å². The van der Waals surface area contributed by atoms with E-state index in [2.05, 4.69) is 0 Å². The zero-order chi connectivity index (χ0) is 11.9. The second-order valence-electron chi connectivity index (χ2n) is 2.21. The van der Waals surface area contributed by atoms with E-state index in [4.69, 9.17) is 38.6 Å². The van der Waals surface area contributed by atoms with Gasteiger partial charge in [-0.2, -0.15) is 0 Å². The molecular weight excluding hydrogens is 283 g/mol. The van der Waals surface area contributed by atoms with E-state index in [9.17, 15) is 8.42 Å². The monoisotopic (exact) mass is 290 g/mol. The van der Waals surface area contributed by atoms with Crippen LogP contribution in [0.3, 0.4) is 0 Å². The van der Waals surface area contributed by atoms with E-state index in [1.807, 2.05) is 0 Å². The van der Waals surface area contributed by atoms with Gasteiger partial charge in [0.25, 0.3) is 9.05 Å². The van der Waals surface area contributed by atoms with Crippen molar-refractivity contribution in [3.8, 4) is 5.75 Å². The molecule has 1 aromatic rings. The lowest BCUT2D eigenvalue weighted by atomic mass is 10.3. The van der Waals surface area contributed by atoms with Crippen molar-refractivity contribution in [2.75, 3.05) is 12.4 Å². The molecule has 0 saturated heterocycles. The summed E-state index contributed by atoms with van der Waals surface area (Å²) < 4.78 is 26.4. The molecule has 0 N–H and O–H groups in total. The molecule has 0 bridgehead atoms. The number of hydrogen-bond donors (Lipinski definition) is 0. The molecule has 3 nitrogen and oxygen atoms in total. The van der Waals surface area contributed by atoms with Crippen molar-refractivity contribution in [3.05, 3.63) is 24.3 Å². The van der Waals surface area contributed by atoms with Crippen molar-refractivity contribution in [1.82, 2.24) is 0 Å². The van der Waals surface area contributed by atoms with Crippen molar-refractivity contribution in [1.29, 1.82) is 0 Å². The molecule has 0 fully saturated rings. The highest BCUT2D eigenvalue weighted by molar-refractivity contribution is 8.13. The first-order valence-electron chi connectivity index (χ1n) is 3.66. The van der Waals surface area contributed by atoms with Crippen LogP contribution in [0.2, 0.25) is 0 Å². The molecule has 0 radical (unpaired) electrons. The number of hydrogen-bond acceptors (Lipinski definition) is 3. The molecule has 0 aromatic heterocycles. The molecule has 1 aromatic carbocycles. The third-order valence-electron chi connectivity index (χ3n) is 1.34. The van der Waals surface area contributed by atoms with Crippen LogP contribution in [-0.4, -0.2) is 20.9 Å². The Morgan fingerprint density at radius 2 is 1.60 bits per heavy atom. The summed E-state index contributed by atoms with van der Waals surface area (Å²) in [5, 5.41) is 0.194. The molecule has 0 aliphatic heterocycles. The van der Waals surface area contributed by atoms with E-state index in [-0.39, 0.29) is 10.2 Å². The Labute approximate surface area is 103 Å². The third-order valence-corrected chi connectivity index (χ3v) is 2.71. The van der Waals surface area contributed by atoms with Gasteiger partial charge in [-0.25, -0.2) is 8.42 Å². The fourth-order valence-corrected chi connectivity index (χ4v) is 1.51. The summed E-state index contributed by atoms with van der Waals surface area (Å²) in [6, 6.07) is 5.85. The SMILES string of the molecule is COc1ccc(S(=O)(=O)Cl)cc1.ClCCl. The highest BCUT2D eigenvalue weighted by atomic mass is 35.7. The number of methoxy groups -OCH3 is 1. The number of ether oxygens (including phenoxy) is 1. The second-order valence-corrected chi connectivity index (χ2v) is 5.59. The predicted octanol–water partition coefficient (Wildman–Crippen LogP) is 3.04. The second kappa shape index (κ2) is 7.17. The molecule has 0 heterocycles. The van der Waals surface area contributed by atoms with Gasteiger partial charge in [0, 0.05) is 10.7 Å². The number of benzene rings is 1. The van der Waals surface area contributed by atoms with Crippen LogP contribution in [0.25, 0.3) is 0 Å². The molecule has 0 atom stereocenters. The number of halogens is 3. The van der Waals surface area contributed by atoms with Gasteiger partial charge in [-0.05, 0) is 24.3 Å². The van der Waals surface area contributed by atoms with Gasteiger partial charge in [0.2, 0.25) is 0 Å². The van der Waals surface area contributed by atoms with Gasteiger partial charge in [-0.15, -0.1) is 23.2 Å². The van der Waals surface area contributed by atoms with Gasteiger partial charge >= 0.3 is 0 Å². The molecule has 0 aliphatic rings. The van der Waals surface area contributed by atoms with E-state index in [1.165, 1.54) is 31.4 Å². The average Bonchev–Trinajstić information content (AvgIpc) is 2.18. The quantitative estimate of drug-likeness (QED) is 0.621. The summed E-state index contributed by atoms with van der Waals surface area (Å²) >= 11 is 9.53.